The molecule has 0 unspecified atom stereocenters. The Kier molecular flexibility index (Phi) is 4.61. The summed E-state index contributed by atoms with van der Waals surface area (Å²) >= 11 is 0. The standard InChI is InChI=1S/C18H20N4O2/c1-11(2)5-8-15-13(12-6-7-12)9-16(22-21-15)14-10-19-18(24-4)20-17(14)23-3/h9-12H,6-7H2,1-4H3. The van der Waals surface area contributed by atoms with Crippen LogP contribution in [0.5, 0.6) is 11.9 Å². The minimum absolute atomic E-state index is 0.255. The molecule has 0 radical (unpaired) electrons. The average Bonchev–Trinajstić information content (AvgIpc) is 3.44. The van der Waals surface area contributed by atoms with E-state index in [1.165, 1.54) is 7.11 Å². The first-order valence-electron chi connectivity index (χ1n) is 7.97. The number of aromatic nitrogens is 4. The summed E-state index contributed by atoms with van der Waals surface area (Å²) in [7, 11) is 3.07. The Bertz CT molecular complexity index is 804. The normalized spacial score (nSPS) is 13.4. The van der Waals surface area contributed by atoms with Crippen LogP contribution in [0.2, 0.25) is 0 Å². The fraction of sp³-hybridized carbons (Fsp3) is 0.444. The summed E-state index contributed by atoms with van der Waals surface area (Å²) in [6, 6.07) is 2.29. The number of hydrogen-bond acceptors (Lipinski definition) is 6. The summed E-state index contributed by atoms with van der Waals surface area (Å²) in [5.74, 6) is 7.55. The molecule has 0 spiro atoms. The lowest BCUT2D eigenvalue weighted by atomic mass is 10.1. The number of ether oxygens (including phenoxy) is 2. The highest BCUT2D eigenvalue weighted by molar-refractivity contribution is 5.65. The predicted octanol–water partition coefficient (Wildman–Crippen LogP) is 2.84. The van der Waals surface area contributed by atoms with Crippen LogP contribution in [0.25, 0.3) is 11.3 Å². The van der Waals surface area contributed by atoms with Crippen molar-refractivity contribution in [2.45, 2.75) is 32.6 Å². The van der Waals surface area contributed by atoms with Gasteiger partial charge in [-0.25, -0.2) is 4.98 Å². The summed E-state index contributed by atoms with van der Waals surface area (Å²) in [6.07, 6.45) is 3.97. The smallest absolute Gasteiger partial charge is 0.319 e. The van der Waals surface area contributed by atoms with Crippen molar-refractivity contribution in [3.63, 3.8) is 0 Å². The highest BCUT2D eigenvalue weighted by Crippen LogP contribution is 2.42. The van der Waals surface area contributed by atoms with Gasteiger partial charge in [0.15, 0.2) is 0 Å². The zero-order valence-electron chi connectivity index (χ0n) is 14.3. The third-order valence-corrected chi connectivity index (χ3v) is 3.70. The SMILES string of the molecule is COc1ncc(-c2cc(C3CC3)c(C#CC(C)C)nn2)c(OC)n1. The third-order valence-electron chi connectivity index (χ3n) is 3.70. The predicted molar refractivity (Wildman–Crippen MR) is 89.9 cm³/mol. The fourth-order valence-electron chi connectivity index (χ4n) is 2.33. The van der Waals surface area contributed by atoms with Crippen LogP contribution in [-0.4, -0.2) is 34.4 Å². The molecule has 124 valence electrons. The molecule has 0 bridgehead atoms. The van der Waals surface area contributed by atoms with Gasteiger partial charge in [0.2, 0.25) is 5.88 Å². The van der Waals surface area contributed by atoms with Gasteiger partial charge in [-0.2, -0.15) is 4.98 Å². The highest BCUT2D eigenvalue weighted by atomic mass is 16.5. The third kappa shape index (κ3) is 3.46. The summed E-state index contributed by atoms with van der Waals surface area (Å²) in [4.78, 5) is 8.35. The Morgan fingerprint density at radius 3 is 2.58 bits per heavy atom. The number of rotatable bonds is 4. The topological polar surface area (TPSA) is 70.0 Å². The Morgan fingerprint density at radius 2 is 1.96 bits per heavy atom. The first-order chi connectivity index (χ1) is 11.6. The molecule has 2 aromatic rings. The Balaban J connectivity index is 2.04. The quantitative estimate of drug-likeness (QED) is 0.806. The van der Waals surface area contributed by atoms with Gasteiger partial charge < -0.3 is 9.47 Å². The van der Waals surface area contributed by atoms with Crippen molar-refractivity contribution < 1.29 is 9.47 Å². The summed E-state index contributed by atoms with van der Waals surface area (Å²) < 4.78 is 10.4. The van der Waals surface area contributed by atoms with Gasteiger partial charge in [0.25, 0.3) is 0 Å². The van der Waals surface area contributed by atoms with E-state index in [0.29, 0.717) is 29.0 Å². The Hall–Kier alpha value is -2.68. The summed E-state index contributed by atoms with van der Waals surface area (Å²) in [5, 5.41) is 8.65. The van der Waals surface area contributed by atoms with E-state index in [0.717, 1.165) is 24.1 Å². The van der Waals surface area contributed by atoms with Crippen molar-refractivity contribution in [3.05, 3.63) is 23.5 Å². The molecule has 0 amide bonds. The lowest BCUT2D eigenvalue weighted by Crippen LogP contribution is -2.02. The molecule has 0 atom stereocenters. The van der Waals surface area contributed by atoms with Crippen molar-refractivity contribution in [1.29, 1.82) is 0 Å². The van der Waals surface area contributed by atoms with Crippen molar-refractivity contribution in [2.75, 3.05) is 14.2 Å². The van der Waals surface area contributed by atoms with Gasteiger partial charge in [-0.1, -0.05) is 19.8 Å². The molecule has 1 saturated carbocycles. The Labute approximate surface area is 141 Å². The van der Waals surface area contributed by atoms with Gasteiger partial charge in [-0.15, -0.1) is 10.2 Å². The number of nitrogens with zero attached hydrogens (tertiary/aromatic N) is 4. The van der Waals surface area contributed by atoms with Gasteiger partial charge in [-0.3, -0.25) is 0 Å². The van der Waals surface area contributed by atoms with E-state index >= 15 is 0 Å². The van der Waals surface area contributed by atoms with E-state index in [1.54, 1.807) is 13.3 Å². The lowest BCUT2D eigenvalue weighted by Gasteiger charge is -2.09. The van der Waals surface area contributed by atoms with Gasteiger partial charge in [0.05, 0.1) is 19.8 Å². The van der Waals surface area contributed by atoms with Gasteiger partial charge in [-0.05, 0) is 36.3 Å². The zero-order valence-corrected chi connectivity index (χ0v) is 14.3. The number of hydrogen-bond donors (Lipinski definition) is 0. The molecule has 2 heterocycles. The largest absolute Gasteiger partial charge is 0.480 e. The van der Waals surface area contributed by atoms with Crippen LogP contribution < -0.4 is 9.47 Å². The second kappa shape index (κ2) is 6.83. The van der Waals surface area contributed by atoms with E-state index < -0.39 is 0 Å². The molecule has 1 aliphatic rings. The molecule has 24 heavy (non-hydrogen) atoms. The highest BCUT2D eigenvalue weighted by Gasteiger charge is 2.28. The molecule has 0 aromatic carbocycles. The minimum Gasteiger partial charge on any atom is -0.480 e. The molecular formula is C18H20N4O2. The maximum atomic E-state index is 5.34. The fourth-order valence-corrected chi connectivity index (χ4v) is 2.33. The molecule has 1 aliphatic carbocycles. The van der Waals surface area contributed by atoms with E-state index in [9.17, 15) is 0 Å². The zero-order chi connectivity index (χ0) is 17.1. The molecule has 2 aromatic heterocycles. The molecular weight excluding hydrogens is 304 g/mol. The van der Waals surface area contributed by atoms with E-state index in [4.69, 9.17) is 9.47 Å². The second-order valence-corrected chi connectivity index (χ2v) is 6.01. The van der Waals surface area contributed by atoms with Gasteiger partial charge in [0.1, 0.15) is 11.4 Å². The van der Waals surface area contributed by atoms with Crippen LogP contribution in [0.4, 0.5) is 0 Å². The first kappa shape index (κ1) is 16.2. The molecule has 1 fully saturated rings. The molecule has 6 heteroatoms. The van der Waals surface area contributed by atoms with Crippen molar-refractivity contribution in [3.8, 4) is 35.0 Å². The molecule has 0 aliphatic heterocycles. The summed E-state index contributed by atoms with van der Waals surface area (Å²) in [5.41, 5.74) is 3.29. The van der Waals surface area contributed by atoms with E-state index in [2.05, 4.69) is 45.9 Å². The van der Waals surface area contributed by atoms with Crippen molar-refractivity contribution >= 4 is 0 Å². The maximum Gasteiger partial charge on any atom is 0.319 e. The molecule has 3 rings (SSSR count). The van der Waals surface area contributed by atoms with Crippen LogP contribution in [0.15, 0.2) is 12.3 Å². The summed E-state index contributed by atoms with van der Waals surface area (Å²) in [6.45, 7) is 4.12. The van der Waals surface area contributed by atoms with E-state index in [-0.39, 0.29) is 6.01 Å². The van der Waals surface area contributed by atoms with Gasteiger partial charge >= 0.3 is 6.01 Å². The number of methoxy groups -OCH3 is 2. The second-order valence-electron chi connectivity index (χ2n) is 6.01. The molecule has 6 nitrogen and oxygen atoms in total. The van der Waals surface area contributed by atoms with E-state index in [1.807, 2.05) is 6.07 Å². The van der Waals surface area contributed by atoms with Crippen molar-refractivity contribution in [1.82, 2.24) is 20.2 Å². The van der Waals surface area contributed by atoms with Crippen LogP contribution in [-0.2, 0) is 0 Å². The van der Waals surface area contributed by atoms with Crippen LogP contribution >= 0.6 is 0 Å². The Morgan fingerprint density at radius 1 is 1.17 bits per heavy atom. The maximum absolute atomic E-state index is 5.34. The van der Waals surface area contributed by atoms with Crippen molar-refractivity contribution in [2.24, 2.45) is 5.92 Å². The van der Waals surface area contributed by atoms with Crippen LogP contribution in [0.3, 0.4) is 0 Å². The van der Waals surface area contributed by atoms with Crippen LogP contribution in [0.1, 0.15) is 43.9 Å². The minimum atomic E-state index is 0.255. The molecule has 0 N–H and O–H groups in total. The molecule has 0 saturated heterocycles. The first-order valence-corrected chi connectivity index (χ1v) is 7.97. The van der Waals surface area contributed by atoms with Crippen LogP contribution in [0, 0.1) is 17.8 Å². The lowest BCUT2D eigenvalue weighted by molar-refractivity contribution is 0.353. The monoisotopic (exact) mass is 324 g/mol. The average molecular weight is 324 g/mol. The van der Waals surface area contributed by atoms with Gasteiger partial charge in [0, 0.05) is 12.1 Å².